The molecule has 0 spiro atoms. The molecule has 0 saturated carbocycles. The van der Waals surface area contributed by atoms with Gasteiger partial charge < -0.3 is 20.4 Å². The summed E-state index contributed by atoms with van der Waals surface area (Å²) >= 11 is 4.95. The van der Waals surface area contributed by atoms with Crippen LogP contribution >= 0.6 is 12.2 Å². The third-order valence-corrected chi connectivity index (χ3v) is 3.27. The molecule has 1 aromatic heterocycles. The molecule has 2 rings (SSSR count). The van der Waals surface area contributed by atoms with Gasteiger partial charge in [-0.15, -0.1) is 0 Å². The van der Waals surface area contributed by atoms with Gasteiger partial charge in [-0.2, -0.15) is 0 Å². The number of aromatic amines is 2. The van der Waals surface area contributed by atoms with Gasteiger partial charge in [0, 0.05) is 13.2 Å². The average Bonchev–Trinajstić information content (AvgIpc) is 2.75. The van der Waals surface area contributed by atoms with Crippen LogP contribution in [0.15, 0.2) is 12.1 Å². The molecule has 2 aromatic rings. The van der Waals surface area contributed by atoms with E-state index in [9.17, 15) is 9.18 Å². The molecule has 7 heteroatoms. The van der Waals surface area contributed by atoms with Crippen LogP contribution in [0.25, 0.3) is 11.0 Å². The van der Waals surface area contributed by atoms with Crippen molar-refractivity contribution >= 4 is 29.2 Å². The van der Waals surface area contributed by atoms with E-state index in [4.69, 9.17) is 17.3 Å². The van der Waals surface area contributed by atoms with Crippen molar-refractivity contribution in [1.29, 1.82) is 0 Å². The van der Waals surface area contributed by atoms with Crippen LogP contribution in [0.3, 0.4) is 0 Å². The Morgan fingerprint density at radius 3 is 2.95 bits per heavy atom. The number of aliphatic hydroxyl groups is 1. The number of hydrogen-bond acceptors (Lipinski definition) is 3. The number of fused-ring (bicyclic) bond motifs is 1. The minimum absolute atomic E-state index is 0.0755. The fraction of sp³-hybridized carbons (Fsp3) is 0.385. The lowest BCUT2D eigenvalue weighted by Crippen LogP contribution is -2.29. The van der Waals surface area contributed by atoms with Crippen LogP contribution in [-0.2, 0) is 0 Å². The first kappa shape index (κ1) is 14.7. The zero-order valence-corrected chi connectivity index (χ0v) is 11.8. The summed E-state index contributed by atoms with van der Waals surface area (Å²) < 4.78 is 13.8. The Morgan fingerprint density at radius 1 is 1.50 bits per heavy atom. The van der Waals surface area contributed by atoms with E-state index >= 15 is 0 Å². The van der Waals surface area contributed by atoms with Crippen molar-refractivity contribution in [2.45, 2.75) is 13.3 Å². The molecular formula is C13H16FN3O2S. The zero-order valence-electron chi connectivity index (χ0n) is 11.0. The molecule has 0 aliphatic rings. The zero-order chi connectivity index (χ0) is 14.7. The van der Waals surface area contributed by atoms with Gasteiger partial charge in [0.15, 0.2) is 4.77 Å². The van der Waals surface area contributed by atoms with Gasteiger partial charge >= 0.3 is 0 Å². The Morgan fingerprint density at radius 2 is 2.25 bits per heavy atom. The van der Waals surface area contributed by atoms with E-state index in [1.54, 1.807) is 0 Å². The van der Waals surface area contributed by atoms with Crippen molar-refractivity contribution < 1.29 is 14.3 Å². The fourth-order valence-corrected chi connectivity index (χ4v) is 2.18. The van der Waals surface area contributed by atoms with E-state index in [-0.39, 0.29) is 24.0 Å². The van der Waals surface area contributed by atoms with E-state index < -0.39 is 5.82 Å². The lowest BCUT2D eigenvalue weighted by Gasteiger charge is -2.11. The number of nitrogens with one attached hydrogen (secondary N) is 3. The van der Waals surface area contributed by atoms with Crippen LogP contribution in [0.1, 0.15) is 23.7 Å². The molecule has 0 radical (unpaired) electrons. The van der Waals surface area contributed by atoms with E-state index in [2.05, 4.69) is 15.3 Å². The summed E-state index contributed by atoms with van der Waals surface area (Å²) in [6.45, 7) is 2.41. The summed E-state index contributed by atoms with van der Waals surface area (Å²) in [7, 11) is 0. The van der Waals surface area contributed by atoms with Crippen molar-refractivity contribution in [2.75, 3.05) is 13.2 Å². The van der Waals surface area contributed by atoms with Gasteiger partial charge in [-0.25, -0.2) is 4.39 Å². The molecule has 0 fully saturated rings. The third kappa shape index (κ3) is 3.23. The number of carbonyl (C=O) groups is 1. The standard InChI is InChI=1S/C13H16FN3O2S/c1-7(2-3-18)6-15-12(19)9-4-8(14)5-10-11(9)17-13(20)16-10/h4-5,7,18H,2-3,6H2,1H3,(H,15,19)(H2,16,17,20). The number of hydrogen-bond donors (Lipinski definition) is 4. The van der Waals surface area contributed by atoms with E-state index in [1.807, 2.05) is 6.92 Å². The lowest BCUT2D eigenvalue weighted by atomic mass is 10.1. The minimum Gasteiger partial charge on any atom is -0.396 e. The van der Waals surface area contributed by atoms with Crippen LogP contribution in [0.2, 0.25) is 0 Å². The maximum atomic E-state index is 13.5. The minimum atomic E-state index is -0.503. The van der Waals surface area contributed by atoms with Crippen LogP contribution in [0, 0.1) is 16.5 Å². The van der Waals surface area contributed by atoms with Crippen molar-refractivity contribution in [3.05, 3.63) is 28.3 Å². The second kappa shape index (κ2) is 6.15. The highest BCUT2D eigenvalue weighted by Crippen LogP contribution is 2.18. The Balaban J connectivity index is 2.23. The number of amides is 1. The molecule has 5 nitrogen and oxygen atoms in total. The molecule has 0 bridgehead atoms. The quantitative estimate of drug-likeness (QED) is 0.638. The van der Waals surface area contributed by atoms with E-state index in [0.717, 1.165) is 0 Å². The molecule has 108 valence electrons. The Labute approximate surface area is 120 Å². The molecule has 1 unspecified atom stereocenters. The summed E-state index contributed by atoms with van der Waals surface area (Å²) in [6.07, 6.45) is 0.603. The summed E-state index contributed by atoms with van der Waals surface area (Å²) in [5.41, 5.74) is 1.16. The number of imidazole rings is 1. The second-order valence-corrected chi connectivity index (χ2v) is 5.19. The molecule has 4 N–H and O–H groups in total. The molecule has 1 atom stereocenters. The number of rotatable bonds is 5. The number of benzene rings is 1. The molecule has 0 saturated heterocycles. The van der Waals surface area contributed by atoms with Gasteiger partial charge in [0.05, 0.1) is 16.6 Å². The number of carbonyl (C=O) groups excluding carboxylic acids is 1. The van der Waals surface area contributed by atoms with Crippen molar-refractivity contribution in [1.82, 2.24) is 15.3 Å². The largest absolute Gasteiger partial charge is 0.396 e. The Kier molecular flexibility index (Phi) is 4.51. The van der Waals surface area contributed by atoms with Gasteiger partial charge in [0.1, 0.15) is 5.82 Å². The number of aliphatic hydroxyl groups excluding tert-OH is 1. The summed E-state index contributed by atoms with van der Waals surface area (Å²) in [5, 5.41) is 11.5. The smallest absolute Gasteiger partial charge is 0.253 e. The predicted octanol–water partition coefficient (Wildman–Crippen LogP) is 2.11. The Hall–Kier alpha value is -1.73. The fourth-order valence-electron chi connectivity index (χ4n) is 1.97. The number of H-pyrrole nitrogens is 2. The molecule has 1 amide bonds. The van der Waals surface area contributed by atoms with Crippen molar-refractivity contribution in [3.63, 3.8) is 0 Å². The normalized spacial score (nSPS) is 12.6. The van der Waals surface area contributed by atoms with E-state index in [0.29, 0.717) is 28.8 Å². The van der Waals surface area contributed by atoms with Gasteiger partial charge in [-0.1, -0.05) is 6.92 Å². The van der Waals surface area contributed by atoms with Crippen LogP contribution in [0.4, 0.5) is 4.39 Å². The second-order valence-electron chi connectivity index (χ2n) is 4.78. The topological polar surface area (TPSA) is 80.9 Å². The monoisotopic (exact) mass is 297 g/mol. The van der Waals surface area contributed by atoms with Crippen LogP contribution < -0.4 is 5.32 Å². The first-order chi connectivity index (χ1) is 9.51. The first-order valence-electron chi connectivity index (χ1n) is 6.32. The van der Waals surface area contributed by atoms with Gasteiger partial charge in [0.25, 0.3) is 5.91 Å². The average molecular weight is 297 g/mol. The van der Waals surface area contributed by atoms with Crippen LogP contribution in [0.5, 0.6) is 0 Å². The lowest BCUT2D eigenvalue weighted by molar-refractivity contribution is 0.0946. The van der Waals surface area contributed by atoms with Gasteiger partial charge in [0.2, 0.25) is 0 Å². The molecule has 0 aliphatic carbocycles. The highest BCUT2D eigenvalue weighted by atomic mass is 32.1. The number of aromatic nitrogens is 2. The molecule has 20 heavy (non-hydrogen) atoms. The molecular weight excluding hydrogens is 281 g/mol. The van der Waals surface area contributed by atoms with Gasteiger partial charge in [-0.05, 0) is 36.7 Å². The summed E-state index contributed by atoms with van der Waals surface area (Å²) in [5.74, 6) is -0.724. The van der Waals surface area contributed by atoms with E-state index in [1.165, 1.54) is 12.1 Å². The van der Waals surface area contributed by atoms with Gasteiger partial charge in [-0.3, -0.25) is 4.79 Å². The summed E-state index contributed by atoms with van der Waals surface area (Å²) in [6, 6.07) is 2.46. The van der Waals surface area contributed by atoms with Crippen molar-refractivity contribution in [2.24, 2.45) is 5.92 Å². The summed E-state index contributed by atoms with van der Waals surface area (Å²) in [4.78, 5) is 17.7. The predicted molar refractivity (Wildman–Crippen MR) is 76.6 cm³/mol. The van der Waals surface area contributed by atoms with Crippen molar-refractivity contribution in [3.8, 4) is 0 Å². The Bertz CT molecular complexity index is 680. The molecule has 0 aliphatic heterocycles. The molecule has 1 heterocycles. The SMILES string of the molecule is CC(CCO)CNC(=O)c1cc(F)cc2[nH]c(=S)[nH]c12. The highest BCUT2D eigenvalue weighted by Gasteiger charge is 2.14. The molecule has 1 aromatic carbocycles. The highest BCUT2D eigenvalue weighted by molar-refractivity contribution is 7.71. The maximum absolute atomic E-state index is 13.5. The maximum Gasteiger partial charge on any atom is 0.253 e. The van der Waals surface area contributed by atoms with Crippen LogP contribution in [-0.4, -0.2) is 34.1 Å². The third-order valence-electron chi connectivity index (χ3n) is 3.07. The number of halogens is 1. The first-order valence-corrected chi connectivity index (χ1v) is 6.72.